The zero-order chi connectivity index (χ0) is 20.3. The van der Waals surface area contributed by atoms with Crippen LogP contribution in [0.4, 0.5) is 21.9 Å². The lowest BCUT2D eigenvalue weighted by Gasteiger charge is -2.16. The Kier molecular flexibility index (Phi) is 5.50. The van der Waals surface area contributed by atoms with Crippen molar-refractivity contribution in [3.63, 3.8) is 0 Å². The number of nitro groups is 1. The number of amides is 2. The molecular formula is C18H20N4O5S. The Balaban J connectivity index is 1.75. The molecule has 1 aliphatic heterocycles. The van der Waals surface area contributed by atoms with Crippen LogP contribution in [0.1, 0.15) is 18.4 Å². The van der Waals surface area contributed by atoms with Crippen molar-refractivity contribution in [1.29, 1.82) is 0 Å². The van der Waals surface area contributed by atoms with E-state index in [2.05, 4.69) is 10.0 Å². The number of hydrogen-bond donors (Lipinski definition) is 2. The fourth-order valence-corrected chi connectivity index (χ4v) is 4.10. The van der Waals surface area contributed by atoms with Crippen molar-refractivity contribution in [3.05, 3.63) is 58.1 Å². The molecule has 1 aliphatic rings. The van der Waals surface area contributed by atoms with Gasteiger partial charge in [0.2, 0.25) is 0 Å². The van der Waals surface area contributed by atoms with Crippen molar-refractivity contribution < 1.29 is 18.1 Å². The summed E-state index contributed by atoms with van der Waals surface area (Å²) >= 11 is 0. The van der Waals surface area contributed by atoms with Crippen LogP contribution < -0.4 is 10.0 Å². The Hall–Kier alpha value is -3.14. The van der Waals surface area contributed by atoms with E-state index in [1.54, 1.807) is 4.90 Å². The summed E-state index contributed by atoms with van der Waals surface area (Å²) in [6, 6.07) is 9.73. The van der Waals surface area contributed by atoms with Crippen LogP contribution in [-0.4, -0.2) is 37.4 Å². The first-order valence-corrected chi connectivity index (χ1v) is 10.2. The minimum atomic E-state index is -3.93. The van der Waals surface area contributed by atoms with Gasteiger partial charge in [-0.2, -0.15) is 0 Å². The number of hydrogen-bond acceptors (Lipinski definition) is 5. The summed E-state index contributed by atoms with van der Waals surface area (Å²) in [7, 11) is -3.93. The quantitative estimate of drug-likeness (QED) is 0.585. The lowest BCUT2D eigenvalue weighted by atomic mass is 10.2. The van der Waals surface area contributed by atoms with E-state index in [9.17, 15) is 23.3 Å². The number of benzene rings is 2. The molecule has 9 nitrogen and oxygen atoms in total. The maximum Gasteiger partial charge on any atom is 0.321 e. The lowest BCUT2D eigenvalue weighted by Crippen LogP contribution is -2.32. The molecule has 3 rings (SSSR count). The summed E-state index contributed by atoms with van der Waals surface area (Å²) in [5, 5.41) is 13.8. The maximum atomic E-state index is 12.6. The molecule has 2 aromatic rings. The van der Waals surface area contributed by atoms with Crippen LogP contribution in [0.5, 0.6) is 0 Å². The Bertz CT molecular complexity index is 999. The number of carbonyl (C=O) groups is 1. The number of anilines is 2. The monoisotopic (exact) mass is 404 g/mol. The van der Waals surface area contributed by atoms with Gasteiger partial charge in [-0.3, -0.25) is 14.8 Å². The average molecular weight is 404 g/mol. The summed E-state index contributed by atoms with van der Waals surface area (Å²) in [5.41, 5.74) is 0.689. The molecule has 2 aromatic carbocycles. The molecular weight excluding hydrogens is 384 g/mol. The minimum Gasteiger partial charge on any atom is -0.325 e. The second-order valence-electron chi connectivity index (χ2n) is 6.46. The maximum absolute atomic E-state index is 12.6. The lowest BCUT2D eigenvalue weighted by molar-refractivity contribution is -0.385. The van der Waals surface area contributed by atoms with E-state index in [0.29, 0.717) is 18.8 Å². The van der Waals surface area contributed by atoms with Crippen LogP contribution in [0.25, 0.3) is 0 Å². The summed E-state index contributed by atoms with van der Waals surface area (Å²) in [6.07, 6.45) is 1.96. The molecule has 0 unspecified atom stereocenters. The predicted molar refractivity (Wildman–Crippen MR) is 105 cm³/mol. The van der Waals surface area contributed by atoms with Gasteiger partial charge in [-0.25, -0.2) is 13.2 Å². The van der Waals surface area contributed by atoms with Gasteiger partial charge in [0.05, 0.1) is 21.1 Å². The number of rotatable bonds is 5. The molecule has 1 fully saturated rings. The normalized spacial score (nSPS) is 14.0. The molecule has 0 spiro atoms. The fraction of sp³-hybridized carbons (Fsp3) is 0.278. The molecule has 0 aromatic heterocycles. The molecule has 0 bridgehead atoms. The third-order valence-corrected chi connectivity index (χ3v) is 5.94. The number of carbonyl (C=O) groups excluding carboxylic acids is 1. The Morgan fingerprint density at radius 1 is 1.11 bits per heavy atom. The van der Waals surface area contributed by atoms with Crippen LogP contribution in [-0.2, 0) is 10.0 Å². The zero-order valence-electron chi connectivity index (χ0n) is 15.2. The molecule has 148 valence electrons. The van der Waals surface area contributed by atoms with Crippen molar-refractivity contribution in [2.75, 3.05) is 23.1 Å². The van der Waals surface area contributed by atoms with Crippen LogP contribution in [0, 0.1) is 17.0 Å². The molecule has 28 heavy (non-hydrogen) atoms. The van der Waals surface area contributed by atoms with Gasteiger partial charge in [-0.15, -0.1) is 0 Å². The van der Waals surface area contributed by atoms with E-state index >= 15 is 0 Å². The van der Waals surface area contributed by atoms with Crippen molar-refractivity contribution in [2.45, 2.75) is 24.7 Å². The molecule has 2 N–H and O–H groups in total. The first-order valence-electron chi connectivity index (χ1n) is 8.71. The van der Waals surface area contributed by atoms with Gasteiger partial charge in [0.25, 0.3) is 15.7 Å². The largest absolute Gasteiger partial charge is 0.325 e. The Morgan fingerprint density at radius 2 is 1.75 bits per heavy atom. The predicted octanol–water partition coefficient (Wildman–Crippen LogP) is 3.33. The summed E-state index contributed by atoms with van der Waals surface area (Å²) in [5.74, 6) is 0. The molecule has 0 aliphatic carbocycles. The molecule has 0 radical (unpaired) electrons. The van der Waals surface area contributed by atoms with Crippen LogP contribution in [0.3, 0.4) is 0 Å². The van der Waals surface area contributed by atoms with E-state index in [4.69, 9.17) is 0 Å². The van der Waals surface area contributed by atoms with Crippen LogP contribution in [0.2, 0.25) is 0 Å². The number of likely N-dealkylation sites (tertiary alicyclic amines) is 1. The smallest absolute Gasteiger partial charge is 0.321 e. The van der Waals surface area contributed by atoms with Crippen molar-refractivity contribution in [1.82, 2.24) is 4.90 Å². The zero-order valence-corrected chi connectivity index (χ0v) is 16.0. The summed E-state index contributed by atoms with van der Waals surface area (Å²) < 4.78 is 27.6. The second kappa shape index (κ2) is 7.85. The highest BCUT2D eigenvalue weighted by atomic mass is 32.2. The van der Waals surface area contributed by atoms with Crippen molar-refractivity contribution in [2.24, 2.45) is 0 Å². The topological polar surface area (TPSA) is 122 Å². The van der Waals surface area contributed by atoms with Gasteiger partial charge in [0.1, 0.15) is 0 Å². The van der Waals surface area contributed by atoms with Gasteiger partial charge in [0, 0.05) is 24.8 Å². The molecule has 1 saturated heterocycles. The van der Waals surface area contributed by atoms with Crippen molar-refractivity contribution >= 4 is 33.1 Å². The molecule has 0 atom stereocenters. The van der Waals surface area contributed by atoms with Crippen molar-refractivity contribution in [3.8, 4) is 0 Å². The number of nitro benzene ring substituents is 1. The number of nitrogens with zero attached hydrogens (tertiary/aromatic N) is 2. The average Bonchev–Trinajstić information content (AvgIpc) is 3.18. The van der Waals surface area contributed by atoms with E-state index in [0.717, 1.165) is 12.8 Å². The highest BCUT2D eigenvalue weighted by Crippen LogP contribution is 2.27. The fourth-order valence-electron chi connectivity index (χ4n) is 2.98. The van der Waals surface area contributed by atoms with Gasteiger partial charge in [-0.1, -0.05) is 6.07 Å². The second-order valence-corrected chi connectivity index (χ2v) is 8.14. The van der Waals surface area contributed by atoms with E-state index in [-0.39, 0.29) is 27.9 Å². The molecule has 1 heterocycles. The molecule has 2 amide bonds. The van der Waals surface area contributed by atoms with E-state index in [1.165, 1.54) is 49.4 Å². The first-order chi connectivity index (χ1) is 13.3. The third kappa shape index (κ3) is 4.22. The highest BCUT2D eigenvalue weighted by Gasteiger charge is 2.20. The minimum absolute atomic E-state index is 0.0161. The number of sulfonamides is 1. The SMILES string of the molecule is Cc1c(NS(=O)(=O)c2ccc(NC(=O)N3CCCC3)cc2)cccc1[N+](=O)[O-]. The van der Waals surface area contributed by atoms with Gasteiger partial charge in [0.15, 0.2) is 0 Å². The number of urea groups is 1. The van der Waals surface area contributed by atoms with E-state index in [1.807, 2.05) is 0 Å². The van der Waals surface area contributed by atoms with E-state index < -0.39 is 14.9 Å². The molecule has 0 saturated carbocycles. The summed E-state index contributed by atoms with van der Waals surface area (Å²) in [6.45, 7) is 2.91. The molecule has 10 heteroatoms. The highest BCUT2D eigenvalue weighted by molar-refractivity contribution is 7.92. The van der Waals surface area contributed by atoms with Crippen LogP contribution in [0.15, 0.2) is 47.4 Å². The van der Waals surface area contributed by atoms with Crippen LogP contribution >= 0.6 is 0 Å². The van der Waals surface area contributed by atoms with Gasteiger partial charge < -0.3 is 10.2 Å². The standard InChI is InChI=1S/C18H20N4O5S/c1-13-16(5-4-6-17(13)22(24)25)20-28(26,27)15-9-7-14(8-10-15)19-18(23)21-11-2-3-12-21/h4-10,20H,2-3,11-12H2,1H3,(H,19,23). The first kappa shape index (κ1) is 19.6. The Labute approximate surface area is 162 Å². The van der Waals surface area contributed by atoms with Gasteiger partial charge in [-0.05, 0) is 50.1 Å². The van der Waals surface area contributed by atoms with Gasteiger partial charge >= 0.3 is 6.03 Å². The summed E-state index contributed by atoms with van der Waals surface area (Å²) in [4.78, 5) is 24.2. The third-order valence-electron chi connectivity index (χ3n) is 4.56. The Morgan fingerprint density at radius 3 is 2.36 bits per heavy atom. The number of nitrogens with one attached hydrogen (secondary N) is 2.